The SMILES string of the molecule is Cc1cccc(N2CC[NH+](Cc3nc4c(oc5ccccc54)c(=O)[nH]3)CC2)c1C. The zero-order valence-electron chi connectivity index (χ0n) is 16.8. The second-order valence-electron chi connectivity index (χ2n) is 7.92. The Morgan fingerprint density at radius 1 is 1.10 bits per heavy atom. The van der Waals surface area contributed by atoms with Crippen LogP contribution in [0.5, 0.6) is 0 Å². The number of piperazine rings is 1. The molecule has 0 bridgehead atoms. The highest BCUT2D eigenvalue weighted by atomic mass is 16.3. The molecule has 1 aliphatic rings. The van der Waals surface area contributed by atoms with Gasteiger partial charge in [-0.15, -0.1) is 0 Å². The Hall–Kier alpha value is -3.12. The molecule has 2 aromatic heterocycles. The van der Waals surface area contributed by atoms with E-state index in [0.29, 0.717) is 23.2 Å². The molecule has 3 heterocycles. The second kappa shape index (κ2) is 7.04. The van der Waals surface area contributed by atoms with E-state index in [9.17, 15) is 4.79 Å². The van der Waals surface area contributed by atoms with Gasteiger partial charge in [-0.1, -0.05) is 24.3 Å². The zero-order chi connectivity index (χ0) is 20.0. The highest BCUT2D eigenvalue weighted by molar-refractivity contribution is 6.01. The van der Waals surface area contributed by atoms with E-state index >= 15 is 0 Å². The van der Waals surface area contributed by atoms with Crippen LogP contribution in [-0.2, 0) is 6.54 Å². The van der Waals surface area contributed by atoms with Gasteiger partial charge < -0.3 is 19.2 Å². The summed E-state index contributed by atoms with van der Waals surface area (Å²) in [5.74, 6) is 0.726. The maximum absolute atomic E-state index is 12.5. The smallest absolute Gasteiger partial charge is 0.294 e. The predicted molar refractivity (Wildman–Crippen MR) is 115 cm³/mol. The van der Waals surface area contributed by atoms with Gasteiger partial charge in [0.25, 0.3) is 5.56 Å². The van der Waals surface area contributed by atoms with Crippen molar-refractivity contribution in [3.63, 3.8) is 0 Å². The lowest BCUT2D eigenvalue weighted by Gasteiger charge is -2.34. The van der Waals surface area contributed by atoms with Crippen molar-refractivity contribution in [3.8, 4) is 0 Å². The zero-order valence-corrected chi connectivity index (χ0v) is 16.8. The van der Waals surface area contributed by atoms with Crippen LogP contribution in [0.1, 0.15) is 17.0 Å². The van der Waals surface area contributed by atoms with Gasteiger partial charge in [-0.3, -0.25) is 4.79 Å². The number of nitrogens with one attached hydrogen (secondary N) is 2. The summed E-state index contributed by atoms with van der Waals surface area (Å²) in [6.45, 7) is 9.11. The van der Waals surface area contributed by atoms with Gasteiger partial charge in [0.2, 0.25) is 5.58 Å². The Kier molecular flexibility index (Phi) is 4.36. The van der Waals surface area contributed by atoms with Crippen molar-refractivity contribution in [2.45, 2.75) is 20.4 Å². The van der Waals surface area contributed by atoms with Gasteiger partial charge in [0.15, 0.2) is 5.82 Å². The fourth-order valence-corrected chi connectivity index (χ4v) is 4.29. The van der Waals surface area contributed by atoms with Crippen LogP contribution in [0.4, 0.5) is 5.69 Å². The molecule has 5 rings (SSSR count). The molecule has 0 atom stereocenters. The molecule has 2 N–H and O–H groups in total. The average molecular weight is 389 g/mol. The summed E-state index contributed by atoms with van der Waals surface area (Å²) < 4.78 is 5.69. The quantitative estimate of drug-likeness (QED) is 0.564. The molecule has 148 valence electrons. The van der Waals surface area contributed by atoms with Crippen LogP contribution in [0.15, 0.2) is 51.7 Å². The number of nitrogens with zero attached hydrogens (tertiary/aromatic N) is 2. The molecular weight excluding hydrogens is 364 g/mol. The van der Waals surface area contributed by atoms with E-state index in [-0.39, 0.29) is 5.56 Å². The van der Waals surface area contributed by atoms with E-state index in [1.54, 1.807) is 0 Å². The van der Waals surface area contributed by atoms with Crippen molar-refractivity contribution in [2.75, 3.05) is 31.1 Å². The number of fused-ring (bicyclic) bond motifs is 3. The standard InChI is InChI=1S/C23H24N4O2/c1-15-6-5-8-18(16(15)2)27-12-10-26(11-13-27)14-20-24-21-17-7-3-4-9-19(17)29-22(21)23(28)25-20/h3-9H,10-14H2,1-2H3,(H,24,25,28)/p+1. The van der Waals surface area contributed by atoms with Crippen molar-refractivity contribution >= 4 is 27.8 Å². The van der Waals surface area contributed by atoms with Crippen LogP contribution in [-0.4, -0.2) is 36.1 Å². The summed E-state index contributed by atoms with van der Waals surface area (Å²) in [5, 5.41) is 0.893. The van der Waals surface area contributed by atoms with Gasteiger partial charge in [-0.05, 0) is 43.2 Å². The molecule has 0 unspecified atom stereocenters. The molecule has 0 radical (unpaired) electrons. The predicted octanol–water partition coefficient (Wildman–Crippen LogP) is 2.19. The summed E-state index contributed by atoms with van der Waals surface area (Å²) >= 11 is 0. The molecule has 0 spiro atoms. The van der Waals surface area contributed by atoms with Crippen molar-refractivity contribution in [1.29, 1.82) is 0 Å². The van der Waals surface area contributed by atoms with Crippen LogP contribution < -0.4 is 15.4 Å². The molecule has 6 heteroatoms. The lowest BCUT2D eigenvalue weighted by molar-refractivity contribution is -0.915. The number of benzene rings is 2. The third-order valence-electron chi connectivity index (χ3n) is 6.08. The Morgan fingerprint density at radius 2 is 1.90 bits per heavy atom. The first-order valence-electron chi connectivity index (χ1n) is 10.2. The number of rotatable bonds is 3. The van der Waals surface area contributed by atoms with Crippen molar-refractivity contribution in [2.24, 2.45) is 0 Å². The average Bonchev–Trinajstić information content (AvgIpc) is 3.10. The minimum absolute atomic E-state index is 0.199. The number of aromatic amines is 1. The molecule has 6 nitrogen and oxygen atoms in total. The number of hydrogen-bond donors (Lipinski definition) is 2. The van der Waals surface area contributed by atoms with Crippen LogP contribution in [0.25, 0.3) is 22.1 Å². The highest BCUT2D eigenvalue weighted by Crippen LogP contribution is 2.24. The number of H-pyrrole nitrogens is 1. The summed E-state index contributed by atoms with van der Waals surface area (Å²) in [6.07, 6.45) is 0. The van der Waals surface area contributed by atoms with Crippen LogP contribution in [0, 0.1) is 13.8 Å². The van der Waals surface area contributed by atoms with Crippen molar-refractivity contribution < 1.29 is 9.32 Å². The monoisotopic (exact) mass is 389 g/mol. The van der Waals surface area contributed by atoms with E-state index in [1.165, 1.54) is 21.7 Å². The number of hydrogen-bond acceptors (Lipinski definition) is 4. The lowest BCUT2D eigenvalue weighted by Crippen LogP contribution is -3.13. The van der Waals surface area contributed by atoms with Gasteiger partial charge in [0, 0.05) is 11.1 Å². The third kappa shape index (κ3) is 3.19. The number of quaternary nitrogens is 1. The summed E-state index contributed by atoms with van der Waals surface area (Å²) in [5.41, 5.74) is 5.50. The second-order valence-corrected chi connectivity index (χ2v) is 7.92. The topological polar surface area (TPSA) is 66.6 Å². The molecule has 4 aromatic rings. The minimum atomic E-state index is -0.199. The van der Waals surface area contributed by atoms with Gasteiger partial charge in [0.1, 0.15) is 17.6 Å². The van der Waals surface area contributed by atoms with Gasteiger partial charge >= 0.3 is 0 Å². The van der Waals surface area contributed by atoms with Crippen molar-refractivity contribution in [3.05, 3.63) is 69.8 Å². The molecule has 29 heavy (non-hydrogen) atoms. The number of furan rings is 1. The van der Waals surface area contributed by atoms with E-state index in [4.69, 9.17) is 9.40 Å². The molecule has 2 aromatic carbocycles. The fourth-order valence-electron chi connectivity index (χ4n) is 4.29. The normalized spacial score (nSPS) is 15.4. The molecule has 1 fully saturated rings. The Morgan fingerprint density at radius 3 is 2.72 bits per heavy atom. The van der Waals surface area contributed by atoms with Gasteiger partial charge in [-0.25, -0.2) is 4.98 Å². The van der Waals surface area contributed by atoms with E-state index < -0.39 is 0 Å². The largest absolute Gasteiger partial charge is 0.449 e. The van der Waals surface area contributed by atoms with Crippen LogP contribution in [0.2, 0.25) is 0 Å². The maximum atomic E-state index is 12.5. The highest BCUT2D eigenvalue weighted by Gasteiger charge is 2.23. The fraction of sp³-hybridized carbons (Fsp3) is 0.304. The lowest BCUT2D eigenvalue weighted by atomic mass is 10.1. The third-order valence-corrected chi connectivity index (χ3v) is 6.08. The van der Waals surface area contributed by atoms with E-state index in [2.05, 4.69) is 41.9 Å². The molecule has 0 amide bonds. The number of aryl methyl sites for hydroxylation is 1. The number of aromatic nitrogens is 2. The van der Waals surface area contributed by atoms with E-state index in [1.807, 2.05) is 24.3 Å². The van der Waals surface area contributed by atoms with Crippen LogP contribution >= 0.6 is 0 Å². The van der Waals surface area contributed by atoms with Crippen molar-refractivity contribution in [1.82, 2.24) is 9.97 Å². The first-order valence-corrected chi connectivity index (χ1v) is 10.2. The summed E-state index contributed by atoms with van der Waals surface area (Å²) in [4.78, 5) is 24.1. The molecule has 1 aliphatic heterocycles. The van der Waals surface area contributed by atoms with Gasteiger partial charge in [0.05, 0.1) is 26.2 Å². The molecule has 1 saturated heterocycles. The maximum Gasteiger partial charge on any atom is 0.294 e. The molecule has 0 saturated carbocycles. The Labute approximate surface area is 168 Å². The molecular formula is C23H25N4O2+. The van der Waals surface area contributed by atoms with Crippen LogP contribution in [0.3, 0.4) is 0 Å². The van der Waals surface area contributed by atoms with E-state index in [0.717, 1.165) is 37.4 Å². The number of anilines is 1. The molecule has 0 aliphatic carbocycles. The first kappa shape index (κ1) is 17.9. The summed E-state index contributed by atoms with van der Waals surface area (Å²) in [6, 6.07) is 14.2. The Balaban J connectivity index is 1.35. The minimum Gasteiger partial charge on any atom is -0.449 e. The Bertz CT molecular complexity index is 1250. The van der Waals surface area contributed by atoms with Gasteiger partial charge in [-0.2, -0.15) is 0 Å². The first-order chi connectivity index (χ1) is 14.1. The summed E-state index contributed by atoms with van der Waals surface area (Å²) in [7, 11) is 0. The number of para-hydroxylation sites is 1.